The summed E-state index contributed by atoms with van der Waals surface area (Å²) in [6.07, 6.45) is 0.278. The second-order valence-electron chi connectivity index (χ2n) is 9.93. The molecule has 0 aliphatic carbocycles. The van der Waals surface area contributed by atoms with Gasteiger partial charge in [-0.25, -0.2) is 9.36 Å². The number of nitriles is 1. The number of hydrogen-bond donors (Lipinski definition) is 0. The number of esters is 1. The normalized spacial score (nSPS) is 12.8. The second kappa shape index (κ2) is 14.3. The number of halogens is 2. The third-order valence-electron chi connectivity index (χ3n) is 6.04. The first-order chi connectivity index (χ1) is 21.3. The van der Waals surface area contributed by atoms with Gasteiger partial charge in [-0.1, -0.05) is 37.7 Å². The average molecular weight is 675 g/mol. The minimum atomic E-state index is -5.33. The van der Waals surface area contributed by atoms with E-state index < -0.39 is 36.3 Å². The maximum atomic E-state index is 16.1. The zero-order chi connectivity index (χ0) is 32.8. The van der Waals surface area contributed by atoms with Crippen molar-refractivity contribution >= 4 is 57.6 Å². The van der Waals surface area contributed by atoms with Crippen molar-refractivity contribution in [2.24, 2.45) is 5.92 Å². The van der Waals surface area contributed by atoms with Crippen LogP contribution >= 0.6 is 30.7 Å². The molecule has 0 N–H and O–H groups in total. The molecule has 0 aliphatic rings. The van der Waals surface area contributed by atoms with Crippen LogP contribution in [0.25, 0.3) is 10.1 Å². The molecule has 45 heavy (non-hydrogen) atoms. The Balaban J connectivity index is 1.59. The highest BCUT2D eigenvalue weighted by Crippen LogP contribution is 2.66. The number of rotatable bonds is 13. The Morgan fingerprint density at radius 1 is 1.09 bits per heavy atom. The summed E-state index contributed by atoms with van der Waals surface area (Å²) in [7, 11) is -5.33. The van der Waals surface area contributed by atoms with Crippen LogP contribution in [0, 0.1) is 27.4 Å². The Kier molecular flexibility index (Phi) is 10.7. The van der Waals surface area contributed by atoms with E-state index in [4.69, 9.17) is 13.8 Å². The minimum Gasteiger partial charge on any atom is -0.422 e. The number of fused-ring (bicyclic) bond motifs is 1. The summed E-state index contributed by atoms with van der Waals surface area (Å²) in [5, 5.41) is 20.1. The number of hydrogen-bond acceptors (Lipinski definition) is 11. The number of nitro benzene ring substituents is 1. The van der Waals surface area contributed by atoms with Crippen molar-refractivity contribution in [3.63, 3.8) is 0 Å². The lowest BCUT2D eigenvalue weighted by atomic mass is 10.1. The Hall–Kier alpha value is -4.15. The van der Waals surface area contributed by atoms with Crippen LogP contribution in [0.2, 0.25) is 0 Å². The van der Waals surface area contributed by atoms with Gasteiger partial charge < -0.3 is 9.26 Å². The first-order valence-corrected chi connectivity index (χ1v) is 16.6. The number of carbonyl (C=O) groups is 2. The number of non-ortho nitro benzene ring substituents is 1. The molecule has 10 nitrogen and oxygen atoms in total. The van der Waals surface area contributed by atoms with Gasteiger partial charge in [0.25, 0.3) is 5.69 Å². The van der Waals surface area contributed by atoms with Crippen molar-refractivity contribution < 1.29 is 41.6 Å². The van der Waals surface area contributed by atoms with Gasteiger partial charge >= 0.3 is 19.2 Å². The molecule has 0 amide bonds. The molecule has 4 aromatic rings. The van der Waals surface area contributed by atoms with E-state index in [0.29, 0.717) is 4.70 Å². The number of ether oxygens (including phenoxy) is 1. The van der Waals surface area contributed by atoms with E-state index in [1.165, 1.54) is 54.6 Å². The van der Waals surface area contributed by atoms with Crippen molar-refractivity contribution in [2.75, 3.05) is 12.4 Å². The van der Waals surface area contributed by atoms with Crippen LogP contribution in [-0.2, 0) is 19.5 Å². The van der Waals surface area contributed by atoms with Crippen LogP contribution in [0.5, 0.6) is 11.5 Å². The molecular weight excluding hydrogens is 649 g/mol. The third kappa shape index (κ3) is 8.32. The van der Waals surface area contributed by atoms with E-state index in [-0.39, 0.29) is 56.2 Å². The molecule has 1 heterocycles. The van der Waals surface area contributed by atoms with Crippen LogP contribution in [-0.4, -0.2) is 28.4 Å². The van der Waals surface area contributed by atoms with Crippen molar-refractivity contribution in [1.29, 1.82) is 5.26 Å². The number of nitro groups is 1. The van der Waals surface area contributed by atoms with Gasteiger partial charge in [-0.2, -0.15) is 14.0 Å². The van der Waals surface area contributed by atoms with E-state index in [9.17, 15) is 29.5 Å². The molecule has 0 radical (unpaired) electrons. The summed E-state index contributed by atoms with van der Waals surface area (Å²) >= 11 is 1.84. The Morgan fingerprint density at radius 2 is 1.82 bits per heavy atom. The van der Waals surface area contributed by atoms with E-state index >= 15 is 8.78 Å². The first-order valence-electron chi connectivity index (χ1n) is 13.3. The van der Waals surface area contributed by atoms with Crippen LogP contribution < -0.4 is 9.26 Å². The van der Waals surface area contributed by atoms with Gasteiger partial charge in [0.1, 0.15) is 16.4 Å². The lowest BCUT2D eigenvalue weighted by Crippen LogP contribution is -2.20. The average Bonchev–Trinajstić information content (AvgIpc) is 3.43. The summed E-state index contributed by atoms with van der Waals surface area (Å²) < 4.78 is 62.3. The van der Waals surface area contributed by atoms with Crippen molar-refractivity contribution in [2.45, 2.75) is 25.9 Å². The fourth-order valence-electron chi connectivity index (χ4n) is 3.91. The lowest BCUT2D eigenvalue weighted by Gasteiger charge is -2.27. The van der Waals surface area contributed by atoms with Gasteiger partial charge in [0, 0.05) is 34.6 Å². The minimum absolute atomic E-state index is 0.0446. The van der Waals surface area contributed by atoms with Crippen LogP contribution in [0.15, 0.2) is 72.8 Å². The van der Waals surface area contributed by atoms with Crippen LogP contribution in [0.3, 0.4) is 0 Å². The van der Waals surface area contributed by atoms with Crippen LogP contribution in [0.4, 0.5) is 14.5 Å². The molecule has 0 aliphatic heterocycles. The molecule has 15 heteroatoms. The standard InChI is InChI=1S/C30H25F2N2O8PS2/c1-19(2)14-28(35)44-13-12-40-43(39,42-25-5-3-4-20(15-25)18-33)30(31,32)22-6-11-26-21(16-22)17-27(45-26)29(36)41-24-9-7-23(8-10-24)34(37)38/h3-11,15-17,19H,12-14H2,1-2H3. The first kappa shape index (κ1) is 33.7. The Labute approximate surface area is 264 Å². The van der Waals surface area contributed by atoms with E-state index in [2.05, 4.69) is 0 Å². The largest absolute Gasteiger partial charge is 0.453 e. The molecule has 0 saturated carbocycles. The number of thiophene rings is 1. The monoisotopic (exact) mass is 674 g/mol. The highest BCUT2D eigenvalue weighted by atomic mass is 32.2. The molecule has 0 spiro atoms. The van der Waals surface area contributed by atoms with Gasteiger partial charge in [-0.05, 0) is 59.8 Å². The maximum Gasteiger partial charge on any atom is 0.453 e. The summed E-state index contributed by atoms with van der Waals surface area (Å²) in [5.41, 5.74) is -5.01. The number of thioether (sulfide) groups is 1. The van der Waals surface area contributed by atoms with Crippen molar-refractivity contribution in [1.82, 2.24) is 0 Å². The van der Waals surface area contributed by atoms with Gasteiger partial charge in [0.2, 0.25) is 0 Å². The van der Waals surface area contributed by atoms with Crippen molar-refractivity contribution in [3.05, 3.63) is 98.9 Å². The predicted octanol–water partition coefficient (Wildman–Crippen LogP) is 8.54. The molecule has 1 unspecified atom stereocenters. The number of alkyl halides is 2. The Morgan fingerprint density at radius 3 is 2.49 bits per heavy atom. The molecule has 0 saturated heterocycles. The van der Waals surface area contributed by atoms with Crippen LogP contribution in [0.1, 0.15) is 41.1 Å². The summed E-state index contributed by atoms with van der Waals surface area (Å²) in [6.45, 7) is 3.24. The van der Waals surface area contributed by atoms with Gasteiger partial charge in [-0.15, -0.1) is 11.3 Å². The molecule has 0 bridgehead atoms. The summed E-state index contributed by atoms with van der Waals surface area (Å²) in [5.74, 6) is -0.966. The number of carbonyl (C=O) groups excluding carboxylic acids is 2. The lowest BCUT2D eigenvalue weighted by molar-refractivity contribution is -0.384. The SMILES string of the molecule is CC(C)CC(=O)SCCOP(=O)(Oc1cccc(C#N)c1)C(F)(F)c1ccc2sc(C(=O)Oc3ccc([N+](=O)[O-])cc3)cc2c1. The zero-order valence-electron chi connectivity index (χ0n) is 23.8. The number of benzene rings is 3. The molecule has 234 valence electrons. The molecule has 4 rings (SSSR count). The second-order valence-corrected chi connectivity index (χ2v) is 14.2. The topological polar surface area (TPSA) is 146 Å². The smallest absolute Gasteiger partial charge is 0.422 e. The Bertz CT molecular complexity index is 1820. The number of nitrogens with zero attached hydrogens (tertiary/aromatic N) is 2. The van der Waals surface area contributed by atoms with E-state index in [0.717, 1.165) is 41.3 Å². The fraction of sp³-hybridized carbons (Fsp3) is 0.233. The summed E-state index contributed by atoms with van der Waals surface area (Å²) in [6, 6.07) is 16.7. The predicted molar refractivity (Wildman–Crippen MR) is 166 cm³/mol. The highest BCUT2D eigenvalue weighted by molar-refractivity contribution is 8.13. The van der Waals surface area contributed by atoms with Gasteiger partial charge in [0.15, 0.2) is 5.12 Å². The summed E-state index contributed by atoms with van der Waals surface area (Å²) in [4.78, 5) is 35.1. The molecule has 0 fully saturated rings. The third-order valence-corrected chi connectivity index (χ3v) is 9.91. The van der Waals surface area contributed by atoms with Gasteiger partial charge in [0.05, 0.1) is 23.2 Å². The molecule has 1 aromatic heterocycles. The molecule has 1 atom stereocenters. The zero-order valence-corrected chi connectivity index (χ0v) is 26.3. The van der Waals surface area contributed by atoms with Crippen molar-refractivity contribution in [3.8, 4) is 17.6 Å². The molecular formula is C30H25F2N2O8PS2. The van der Waals surface area contributed by atoms with E-state index in [1.54, 1.807) is 0 Å². The fourth-order valence-corrected chi connectivity index (χ4v) is 7.31. The quantitative estimate of drug-likeness (QED) is 0.0338. The van der Waals surface area contributed by atoms with E-state index in [1.807, 2.05) is 19.9 Å². The van der Waals surface area contributed by atoms with Gasteiger partial charge in [-0.3, -0.25) is 19.4 Å². The highest BCUT2D eigenvalue weighted by Gasteiger charge is 2.56. The maximum absolute atomic E-state index is 16.1. The molecule has 3 aromatic carbocycles.